The van der Waals surface area contributed by atoms with Crippen molar-refractivity contribution < 1.29 is 13.9 Å². The van der Waals surface area contributed by atoms with Crippen molar-refractivity contribution in [2.24, 2.45) is 5.73 Å². The van der Waals surface area contributed by atoms with E-state index >= 15 is 0 Å². The van der Waals surface area contributed by atoms with Gasteiger partial charge in [-0.3, -0.25) is 4.79 Å². The molecule has 3 rings (SSSR count). The highest BCUT2D eigenvalue weighted by atomic mass is 19.1. The fourth-order valence-electron chi connectivity index (χ4n) is 4.00. The zero-order chi connectivity index (χ0) is 17.0. The molecule has 1 aromatic rings. The SMILES string of the molecule is NC1(C(=O)NCC2(c3cccc(F)c3)CCCCC2)CCOCC1. The number of rotatable bonds is 4. The van der Waals surface area contributed by atoms with Crippen LogP contribution in [0.15, 0.2) is 24.3 Å². The van der Waals surface area contributed by atoms with Crippen molar-refractivity contribution >= 4 is 5.91 Å². The zero-order valence-electron chi connectivity index (χ0n) is 14.2. The van der Waals surface area contributed by atoms with Gasteiger partial charge in [-0.05, 0) is 43.4 Å². The maximum Gasteiger partial charge on any atom is 0.240 e. The standard InChI is InChI=1S/C19H27FN2O2/c20-16-6-4-5-15(13-16)18(7-2-1-3-8-18)14-22-17(23)19(21)9-11-24-12-10-19/h4-6,13H,1-3,7-12,14,21H2,(H,22,23). The third kappa shape index (κ3) is 3.62. The second-order valence-electron chi connectivity index (χ2n) is 7.30. The van der Waals surface area contributed by atoms with Crippen molar-refractivity contribution in [3.8, 4) is 0 Å². The molecule has 5 heteroatoms. The molecule has 0 atom stereocenters. The molecule has 0 spiro atoms. The van der Waals surface area contributed by atoms with E-state index in [9.17, 15) is 9.18 Å². The average molecular weight is 334 g/mol. The Hall–Kier alpha value is -1.46. The predicted molar refractivity (Wildman–Crippen MR) is 91.1 cm³/mol. The van der Waals surface area contributed by atoms with E-state index in [1.807, 2.05) is 6.07 Å². The minimum Gasteiger partial charge on any atom is -0.381 e. The van der Waals surface area contributed by atoms with E-state index in [1.54, 1.807) is 12.1 Å². The quantitative estimate of drug-likeness (QED) is 0.890. The summed E-state index contributed by atoms with van der Waals surface area (Å²) in [6.07, 6.45) is 6.44. The minimum atomic E-state index is -0.837. The third-order valence-corrected chi connectivity index (χ3v) is 5.67. The number of benzene rings is 1. The zero-order valence-corrected chi connectivity index (χ0v) is 14.2. The van der Waals surface area contributed by atoms with Crippen LogP contribution in [0.1, 0.15) is 50.5 Å². The van der Waals surface area contributed by atoms with Gasteiger partial charge in [0.25, 0.3) is 0 Å². The van der Waals surface area contributed by atoms with Gasteiger partial charge in [0.1, 0.15) is 5.82 Å². The molecule has 2 fully saturated rings. The van der Waals surface area contributed by atoms with Gasteiger partial charge in [0, 0.05) is 25.2 Å². The summed E-state index contributed by atoms with van der Waals surface area (Å²) in [5.41, 5.74) is 6.24. The number of hydrogen-bond donors (Lipinski definition) is 2. The van der Waals surface area contributed by atoms with E-state index in [2.05, 4.69) is 5.32 Å². The molecule has 1 aliphatic heterocycles. The fourth-order valence-corrected chi connectivity index (χ4v) is 4.00. The van der Waals surface area contributed by atoms with E-state index in [0.29, 0.717) is 32.6 Å². The average Bonchev–Trinajstić information content (AvgIpc) is 2.61. The summed E-state index contributed by atoms with van der Waals surface area (Å²) in [4.78, 5) is 12.6. The van der Waals surface area contributed by atoms with Crippen LogP contribution < -0.4 is 11.1 Å². The largest absolute Gasteiger partial charge is 0.381 e. The van der Waals surface area contributed by atoms with Gasteiger partial charge in [0.05, 0.1) is 5.54 Å². The van der Waals surface area contributed by atoms with Crippen molar-refractivity contribution in [3.63, 3.8) is 0 Å². The second-order valence-corrected chi connectivity index (χ2v) is 7.30. The normalized spacial score (nSPS) is 22.8. The molecule has 132 valence electrons. The van der Waals surface area contributed by atoms with E-state index in [4.69, 9.17) is 10.5 Å². The van der Waals surface area contributed by atoms with Crippen LogP contribution >= 0.6 is 0 Å². The summed E-state index contributed by atoms with van der Waals surface area (Å²) >= 11 is 0. The first kappa shape index (κ1) is 17.4. The molecular weight excluding hydrogens is 307 g/mol. The van der Waals surface area contributed by atoms with Crippen molar-refractivity contribution in [2.75, 3.05) is 19.8 Å². The number of hydrogen-bond acceptors (Lipinski definition) is 3. The lowest BCUT2D eigenvalue weighted by molar-refractivity contribution is -0.130. The molecule has 1 saturated carbocycles. The van der Waals surface area contributed by atoms with E-state index < -0.39 is 5.54 Å². The van der Waals surface area contributed by atoms with Crippen LogP contribution in [-0.2, 0) is 14.9 Å². The summed E-state index contributed by atoms with van der Waals surface area (Å²) in [5.74, 6) is -0.323. The van der Waals surface area contributed by atoms with Gasteiger partial charge in [-0.25, -0.2) is 4.39 Å². The Labute approximate surface area is 142 Å². The molecule has 3 N–H and O–H groups in total. The minimum absolute atomic E-state index is 0.104. The van der Waals surface area contributed by atoms with Gasteiger partial charge in [0.15, 0.2) is 0 Å². The molecule has 1 aliphatic carbocycles. The number of carbonyl (C=O) groups is 1. The second kappa shape index (κ2) is 7.19. The highest BCUT2D eigenvalue weighted by Gasteiger charge is 2.39. The fraction of sp³-hybridized carbons (Fsp3) is 0.632. The monoisotopic (exact) mass is 334 g/mol. The summed E-state index contributed by atoms with van der Waals surface area (Å²) in [6.45, 7) is 1.58. The number of ether oxygens (including phenoxy) is 1. The van der Waals surface area contributed by atoms with Crippen molar-refractivity contribution in [2.45, 2.75) is 55.9 Å². The van der Waals surface area contributed by atoms with Crippen LogP contribution in [0.25, 0.3) is 0 Å². The molecule has 2 aliphatic rings. The molecule has 0 aromatic heterocycles. The number of halogens is 1. The molecule has 4 nitrogen and oxygen atoms in total. The van der Waals surface area contributed by atoms with Crippen LogP contribution in [0, 0.1) is 5.82 Å². The van der Waals surface area contributed by atoms with Crippen LogP contribution in [0.3, 0.4) is 0 Å². The van der Waals surface area contributed by atoms with Gasteiger partial charge in [-0.2, -0.15) is 0 Å². The molecule has 1 amide bonds. The summed E-state index contributed by atoms with van der Waals surface area (Å²) in [7, 11) is 0. The Morgan fingerprint density at radius 2 is 1.88 bits per heavy atom. The summed E-state index contributed by atoms with van der Waals surface area (Å²) < 4.78 is 19.0. The summed E-state index contributed by atoms with van der Waals surface area (Å²) in [5, 5.41) is 3.08. The predicted octanol–water partition coefficient (Wildman–Crippen LogP) is 2.65. The molecule has 1 heterocycles. The number of nitrogens with two attached hydrogens (primary N) is 1. The number of carbonyl (C=O) groups excluding carboxylic acids is 1. The van der Waals surface area contributed by atoms with E-state index in [-0.39, 0.29) is 17.1 Å². The van der Waals surface area contributed by atoms with Crippen molar-refractivity contribution in [1.29, 1.82) is 0 Å². The molecule has 0 unspecified atom stereocenters. The highest BCUT2D eigenvalue weighted by Crippen LogP contribution is 2.39. The van der Waals surface area contributed by atoms with Gasteiger partial charge >= 0.3 is 0 Å². The Bertz CT molecular complexity index is 578. The maximum absolute atomic E-state index is 13.7. The van der Waals surface area contributed by atoms with Crippen LogP contribution in [0.2, 0.25) is 0 Å². The molecule has 24 heavy (non-hydrogen) atoms. The van der Waals surface area contributed by atoms with Gasteiger partial charge in [0.2, 0.25) is 5.91 Å². The topological polar surface area (TPSA) is 64.4 Å². The lowest BCUT2D eigenvalue weighted by atomic mass is 9.69. The smallest absolute Gasteiger partial charge is 0.240 e. The number of amides is 1. The lowest BCUT2D eigenvalue weighted by Gasteiger charge is -2.39. The first-order valence-electron chi connectivity index (χ1n) is 8.95. The third-order valence-electron chi connectivity index (χ3n) is 5.67. The molecule has 1 aromatic carbocycles. The van der Waals surface area contributed by atoms with Crippen LogP contribution in [-0.4, -0.2) is 31.2 Å². The van der Waals surface area contributed by atoms with Crippen LogP contribution in [0.4, 0.5) is 4.39 Å². The number of nitrogens with one attached hydrogen (secondary N) is 1. The molecule has 0 radical (unpaired) electrons. The first-order chi connectivity index (χ1) is 11.5. The van der Waals surface area contributed by atoms with E-state index in [0.717, 1.165) is 31.2 Å². The van der Waals surface area contributed by atoms with Gasteiger partial charge < -0.3 is 15.8 Å². The van der Waals surface area contributed by atoms with Crippen LogP contribution in [0.5, 0.6) is 0 Å². The molecule has 0 bridgehead atoms. The van der Waals surface area contributed by atoms with Gasteiger partial charge in [-0.1, -0.05) is 31.4 Å². The van der Waals surface area contributed by atoms with Crippen molar-refractivity contribution in [3.05, 3.63) is 35.6 Å². The Morgan fingerprint density at radius 3 is 2.54 bits per heavy atom. The van der Waals surface area contributed by atoms with E-state index in [1.165, 1.54) is 12.5 Å². The lowest BCUT2D eigenvalue weighted by Crippen LogP contribution is -2.58. The summed E-state index contributed by atoms with van der Waals surface area (Å²) in [6, 6.07) is 6.82. The Kier molecular flexibility index (Phi) is 5.21. The Balaban J connectivity index is 1.74. The Morgan fingerprint density at radius 1 is 1.17 bits per heavy atom. The van der Waals surface area contributed by atoms with Crippen molar-refractivity contribution in [1.82, 2.24) is 5.32 Å². The van der Waals surface area contributed by atoms with Gasteiger partial charge in [-0.15, -0.1) is 0 Å². The maximum atomic E-state index is 13.7. The first-order valence-corrected chi connectivity index (χ1v) is 8.95. The molecular formula is C19H27FN2O2. The highest BCUT2D eigenvalue weighted by molar-refractivity contribution is 5.86. The molecule has 1 saturated heterocycles.